The second kappa shape index (κ2) is 7.81. The van der Waals surface area contributed by atoms with Crippen LogP contribution >= 0.6 is 0 Å². The summed E-state index contributed by atoms with van der Waals surface area (Å²) in [5.41, 5.74) is 1.84. The van der Waals surface area contributed by atoms with Gasteiger partial charge in [0.2, 0.25) is 0 Å². The normalized spacial score (nSPS) is 12.2. The molecule has 0 aliphatic carbocycles. The minimum absolute atomic E-state index is 0.243. The Kier molecular flexibility index (Phi) is 5.30. The zero-order valence-corrected chi connectivity index (χ0v) is 13.5. The minimum Gasteiger partial charge on any atom is -0.491 e. The minimum atomic E-state index is -0.591. The molecule has 0 saturated heterocycles. The fourth-order valence-corrected chi connectivity index (χ4v) is 2.37. The van der Waals surface area contributed by atoms with Gasteiger partial charge in [-0.25, -0.2) is 0 Å². The first-order valence-electron chi connectivity index (χ1n) is 7.88. The van der Waals surface area contributed by atoms with E-state index in [0.29, 0.717) is 13.1 Å². The van der Waals surface area contributed by atoms with Crippen molar-refractivity contribution in [1.29, 1.82) is 0 Å². The molecule has 3 N–H and O–H groups in total. The number of ether oxygens (including phenoxy) is 1. The van der Waals surface area contributed by atoms with Gasteiger partial charge in [0.05, 0.1) is 6.20 Å². The van der Waals surface area contributed by atoms with E-state index < -0.39 is 6.10 Å². The van der Waals surface area contributed by atoms with Crippen LogP contribution in [-0.2, 0) is 6.54 Å². The van der Waals surface area contributed by atoms with E-state index >= 15 is 0 Å². The van der Waals surface area contributed by atoms with E-state index in [4.69, 9.17) is 9.15 Å². The maximum Gasteiger partial charge on any atom is 0.152 e. The molecule has 1 atom stereocenters. The van der Waals surface area contributed by atoms with Gasteiger partial charge < -0.3 is 19.6 Å². The van der Waals surface area contributed by atoms with E-state index in [0.717, 1.165) is 28.5 Å². The van der Waals surface area contributed by atoms with Gasteiger partial charge in [-0.05, 0) is 31.2 Å². The number of benzene rings is 1. The van der Waals surface area contributed by atoms with Gasteiger partial charge in [0.15, 0.2) is 5.76 Å². The Balaban J connectivity index is 1.46. The van der Waals surface area contributed by atoms with E-state index in [-0.39, 0.29) is 6.61 Å². The van der Waals surface area contributed by atoms with Gasteiger partial charge >= 0.3 is 0 Å². The van der Waals surface area contributed by atoms with Crippen molar-refractivity contribution in [1.82, 2.24) is 15.5 Å². The maximum absolute atomic E-state index is 10.00. The molecule has 126 valence electrons. The smallest absolute Gasteiger partial charge is 0.152 e. The number of hydrogen-bond acceptors (Lipinski definition) is 5. The molecule has 6 heteroatoms. The van der Waals surface area contributed by atoms with Gasteiger partial charge in [0.1, 0.15) is 29.9 Å². The zero-order valence-electron chi connectivity index (χ0n) is 13.5. The molecule has 0 bridgehead atoms. The number of hydrogen-bond donors (Lipinski definition) is 3. The highest BCUT2D eigenvalue weighted by Crippen LogP contribution is 2.23. The molecule has 0 unspecified atom stereocenters. The Labute approximate surface area is 140 Å². The molecule has 0 amide bonds. The van der Waals surface area contributed by atoms with Crippen LogP contribution < -0.4 is 10.1 Å². The van der Waals surface area contributed by atoms with Gasteiger partial charge in [0, 0.05) is 18.7 Å². The molecule has 3 aromatic rings. The van der Waals surface area contributed by atoms with E-state index in [2.05, 4.69) is 15.5 Å². The zero-order chi connectivity index (χ0) is 16.8. The number of nitrogens with one attached hydrogen (secondary N) is 2. The number of aryl methyl sites for hydroxylation is 1. The van der Waals surface area contributed by atoms with Crippen LogP contribution in [0.4, 0.5) is 0 Å². The standard InChI is InChI=1S/C18H21N3O3/c1-13-7-8-17(24-13)18-14(10-20-21-18)9-19-11-15(22)12-23-16-5-3-2-4-6-16/h2-8,10,15,19,22H,9,11-12H2,1H3,(H,20,21)/t15-/m1/s1. The molecule has 0 saturated carbocycles. The van der Waals surface area contributed by atoms with Gasteiger partial charge in [-0.1, -0.05) is 18.2 Å². The molecule has 0 fully saturated rings. The third-order valence-electron chi connectivity index (χ3n) is 3.59. The van der Waals surface area contributed by atoms with Gasteiger partial charge in [-0.3, -0.25) is 5.10 Å². The first kappa shape index (κ1) is 16.3. The fourth-order valence-electron chi connectivity index (χ4n) is 2.37. The average molecular weight is 327 g/mol. The van der Waals surface area contributed by atoms with Crippen molar-refractivity contribution in [3.05, 3.63) is 60.0 Å². The molecule has 0 aliphatic rings. The van der Waals surface area contributed by atoms with Gasteiger partial charge in [-0.15, -0.1) is 0 Å². The monoisotopic (exact) mass is 327 g/mol. The summed E-state index contributed by atoms with van der Waals surface area (Å²) >= 11 is 0. The van der Waals surface area contributed by atoms with Gasteiger partial charge in [0.25, 0.3) is 0 Å². The molecule has 2 heterocycles. The van der Waals surface area contributed by atoms with Crippen molar-refractivity contribution in [2.75, 3.05) is 13.2 Å². The number of aromatic amines is 1. The van der Waals surface area contributed by atoms with Crippen LogP contribution in [0.15, 0.2) is 53.1 Å². The third-order valence-corrected chi connectivity index (χ3v) is 3.59. The Morgan fingerprint density at radius 1 is 1.25 bits per heavy atom. The number of rotatable bonds is 8. The first-order chi connectivity index (χ1) is 11.7. The quantitative estimate of drug-likeness (QED) is 0.592. The van der Waals surface area contributed by atoms with E-state index in [1.807, 2.05) is 49.4 Å². The third kappa shape index (κ3) is 4.24. The summed E-state index contributed by atoms with van der Waals surface area (Å²) in [6.45, 7) is 3.15. The molecule has 0 radical (unpaired) electrons. The van der Waals surface area contributed by atoms with Crippen LogP contribution in [0.2, 0.25) is 0 Å². The fraction of sp³-hybridized carbons (Fsp3) is 0.278. The number of nitrogens with zero attached hydrogens (tertiary/aromatic N) is 1. The number of furan rings is 1. The number of para-hydroxylation sites is 1. The summed E-state index contributed by atoms with van der Waals surface area (Å²) in [5.74, 6) is 2.36. The maximum atomic E-state index is 10.00. The lowest BCUT2D eigenvalue weighted by Crippen LogP contribution is -2.31. The van der Waals surface area contributed by atoms with Crippen LogP contribution in [0, 0.1) is 6.92 Å². The van der Waals surface area contributed by atoms with Crippen LogP contribution in [0.25, 0.3) is 11.5 Å². The molecule has 2 aromatic heterocycles. The second-order valence-corrected chi connectivity index (χ2v) is 5.59. The number of H-pyrrole nitrogens is 1. The molecule has 6 nitrogen and oxygen atoms in total. The molecule has 1 aromatic carbocycles. The van der Waals surface area contributed by atoms with Crippen molar-refractivity contribution in [3.63, 3.8) is 0 Å². The Morgan fingerprint density at radius 2 is 2.08 bits per heavy atom. The average Bonchev–Trinajstić information content (AvgIpc) is 3.22. The number of aliphatic hydroxyl groups is 1. The SMILES string of the molecule is Cc1ccc(-c2[nH]ncc2CNC[C@@H](O)COc2ccccc2)o1. The molecular weight excluding hydrogens is 306 g/mol. The second-order valence-electron chi connectivity index (χ2n) is 5.59. The van der Waals surface area contributed by atoms with E-state index in [1.54, 1.807) is 6.20 Å². The lowest BCUT2D eigenvalue weighted by Gasteiger charge is -2.13. The Bertz CT molecular complexity index is 752. The summed E-state index contributed by atoms with van der Waals surface area (Å²) in [4.78, 5) is 0. The van der Waals surface area contributed by atoms with Crippen LogP contribution in [0.5, 0.6) is 5.75 Å². The van der Waals surface area contributed by atoms with E-state index in [1.165, 1.54) is 0 Å². The van der Waals surface area contributed by atoms with Crippen LogP contribution in [-0.4, -0.2) is 34.6 Å². The summed E-state index contributed by atoms with van der Waals surface area (Å²) in [7, 11) is 0. The highest BCUT2D eigenvalue weighted by molar-refractivity contribution is 5.56. The number of aliphatic hydroxyl groups excluding tert-OH is 1. The Morgan fingerprint density at radius 3 is 2.83 bits per heavy atom. The summed E-state index contributed by atoms with van der Waals surface area (Å²) in [6, 6.07) is 13.3. The molecule has 3 rings (SSSR count). The molecule has 0 spiro atoms. The lowest BCUT2D eigenvalue weighted by molar-refractivity contribution is 0.106. The Hall–Kier alpha value is -2.57. The predicted octanol–water partition coefficient (Wildman–Crippen LogP) is 2.51. The topological polar surface area (TPSA) is 83.3 Å². The van der Waals surface area contributed by atoms with Crippen molar-refractivity contribution in [2.24, 2.45) is 0 Å². The van der Waals surface area contributed by atoms with Crippen LogP contribution in [0.1, 0.15) is 11.3 Å². The van der Waals surface area contributed by atoms with E-state index in [9.17, 15) is 5.11 Å². The highest BCUT2D eigenvalue weighted by Gasteiger charge is 2.12. The molecule has 0 aliphatic heterocycles. The number of aromatic nitrogens is 2. The molecule has 24 heavy (non-hydrogen) atoms. The lowest BCUT2D eigenvalue weighted by atomic mass is 10.2. The predicted molar refractivity (Wildman–Crippen MR) is 90.7 cm³/mol. The van der Waals surface area contributed by atoms with Crippen molar-refractivity contribution in [3.8, 4) is 17.2 Å². The summed E-state index contributed by atoms with van der Waals surface area (Å²) in [6.07, 6.45) is 1.17. The van der Waals surface area contributed by atoms with Crippen LogP contribution in [0.3, 0.4) is 0 Å². The summed E-state index contributed by atoms with van der Waals surface area (Å²) < 4.78 is 11.1. The largest absolute Gasteiger partial charge is 0.491 e. The van der Waals surface area contributed by atoms with Crippen molar-refractivity contribution in [2.45, 2.75) is 19.6 Å². The first-order valence-corrected chi connectivity index (χ1v) is 7.88. The van der Waals surface area contributed by atoms with Crippen molar-refractivity contribution >= 4 is 0 Å². The van der Waals surface area contributed by atoms with Gasteiger partial charge in [-0.2, -0.15) is 5.10 Å². The van der Waals surface area contributed by atoms with Crippen molar-refractivity contribution < 1.29 is 14.3 Å². The molecular formula is C18H21N3O3. The highest BCUT2D eigenvalue weighted by atomic mass is 16.5. The summed E-state index contributed by atoms with van der Waals surface area (Å²) in [5, 5.41) is 20.2.